The molecule has 2 heterocycles. The average Bonchev–Trinajstić information content (AvgIpc) is 3.13. The number of carbonyl (C=O) groups is 1. The van der Waals surface area contributed by atoms with Crippen LogP contribution >= 0.6 is 0 Å². The molecular formula is C20H19N3O2S. The average molecular weight is 365 g/mol. The lowest BCUT2D eigenvalue weighted by Gasteiger charge is -2.13. The molecule has 6 heteroatoms. The maximum absolute atomic E-state index is 12.9. The molecular weight excluding hydrogens is 346 g/mol. The van der Waals surface area contributed by atoms with Crippen molar-refractivity contribution in [3.05, 3.63) is 76.5 Å². The van der Waals surface area contributed by atoms with E-state index in [-0.39, 0.29) is 5.91 Å². The van der Waals surface area contributed by atoms with Gasteiger partial charge in [-0.1, -0.05) is 36.4 Å². The molecule has 132 valence electrons. The van der Waals surface area contributed by atoms with E-state index in [1.165, 1.54) is 0 Å². The first-order chi connectivity index (χ1) is 12.5. The van der Waals surface area contributed by atoms with Gasteiger partial charge in [-0.2, -0.15) is 5.10 Å². The number of hydrogen-bond donors (Lipinski definition) is 1. The highest BCUT2D eigenvalue weighted by atomic mass is 32.2. The molecule has 1 atom stereocenters. The van der Waals surface area contributed by atoms with Gasteiger partial charge in [-0.05, 0) is 37.1 Å². The van der Waals surface area contributed by atoms with Crippen LogP contribution in [0, 0.1) is 13.8 Å². The van der Waals surface area contributed by atoms with E-state index in [1.807, 2.05) is 56.3 Å². The van der Waals surface area contributed by atoms with Crippen molar-refractivity contribution < 1.29 is 9.00 Å². The van der Waals surface area contributed by atoms with E-state index in [0.717, 1.165) is 28.1 Å². The van der Waals surface area contributed by atoms with Gasteiger partial charge in [-0.3, -0.25) is 9.00 Å². The lowest BCUT2D eigenvalue weighted by Crippen LogP contribution is -2.17. The van der Waals surface area contributed by atoms with Crippen molar-refractivity contribution >= 4 is 22.5 Å². The quantitative estimate of drug-likeness (QED) is 0.773. The Morgan fingerprint density at radius 1 is 1.04 bits per heavy atom. The summed E-state index contributed by atoms with van der Waals surface area (Å²) in [6.07, 6.45) is 0. The monoisotopic (exact) mass is 365 g/mol. The Kier molecular flexibility index (Phi) is 4.20. The molecule has 2 aromatic carbocycles. The third-order valence-electron chi connectivity index (χ3n) is 4.64. The fourth-order valence-electron chi connectivity index (χ4n) is 3.23. The number of nitrogens with zero attached hydrogens (tertiary/aromatic N) is 2. The third-order valence-corrected chi connectivity index (χ3v) is 5.84. The van der Waals surface area contributed by atoms with Crippen molar-refractivity contribution in [1.29, 1.82) is 0 Å². The minimum absolute atomic E-state index is 0.182. The van der Waals surface area contributed by atoms with Crippen LogP contribution in [0.15, 0.2) is 48.5 Å². The summed E-state index contributed by atoms with van der Waals surface area (Å²) in [6, 6.07) is 15.4. The molecule has 4 rings (SSSR count). The minimum atomic E-state index is -0.959. The summed E-state index contributed by atoms with van der Waals surface area (Å²) in [5, 5.41) is 7.67. The van der Waals surface area contributed by atoms with E-state index in [2.05, 4.69) is 10.4 Å². The van der Waals surface area contributed by atoms with Crippen molar-refractivity contribution in [2.45, 2.75) is 25.4 Å². The van der Waals surface area contributed by atoms with Crippen molar-refractivity contribution in [2.75, 3.05) is 5.32 Å². The molecule has 1 unspecified atom stereocenters. The fourth-order valence-corrected chi connectivity index (χ4v) is 4.50. The van der Waals surface area contributed by atoms with Gasteiger partial charge in [0.25, 0.3) is 5.91 Å². The summed E-state index contributed by atoms with van der Waals surface area (Å²) in [6.45, 7) is 3.92. The molecule has 5 nitrogen and oxygen atoms in total. The van der Waals surface area contributed by atoms with Crippen molar-refractivity contribution in [3.63, 3.8) is 0 Å². The molecule has 0 aliphatic carbocycles. The van der Waals surface area contributed by atoms with Crippen LogP contribution in [0.5, 0.6) is 0 Å². The Bertz CT molecular complexity index is 1040. The molecule has 1 aliphatic rings. The first-order valence-electron chi connectivity index (χ1n) is 8.43. The molecule has 0 radical (unpaired) electrons. The van der Waals surface area contributed by atoms with Gasteiger partial charge in [0.15, 0.2) is 0 Å². The topological polar surface area (TPSA) is 64.0 Å². The van der Waals surface area contributed by atoms with Gasteiger partial charge in [0.2, 0.25) is 0 Å². The summed E-state index contributed by atoms with van der Waals surface area (Å²) in [5.74, 6) is 1.29. The summed E-state index contributed by atoms with van der Waals surface area (Å²) in [5.41, 5.74) is 5.17. The number of aryl methyl sites for hydroxylation is 2. The van der Waals surface area contributed by atoms with Crippen molar-refractivity contribution in [3.8, 4) is 5.69 Å². The number of aromatic nitrogens is 2. The Morgan fingerprint density at radius 2 is 1.73 bits per heavy atom. The van der Waals surface area contributed by atoms with Gasteiger partial charge in [-0.15, -0.1) is 0 Å². The number of nitrogens with one attached hydrogen (secondary N) is 1. The zero-order valence-corrected chi connectivity index (χ0v) is 15.5. The van der Waals surface area contributed by atoms with Crippen LogP contribution in [0.3, 0.4) is 0 Å². The second-order valence-electron chi connectivity index (χ2n) is 6.47. The standard InChI is InChI=1S/C20H19N3O2S/c1-13-7-3-5-9-15(13)20(24)21-19-16-11-26(25)12-17(16)22-23(19)18-10-6-4-8-14(18)2/h3-10H,11-12H2,1-2H3,(H,21,24). The van der Waals surface area contributed by atoms with E-state index >= 15 is 0 Å². The molecule has 3 aromatic rings. The van der Waals surface area contributed by atoms with E-state index in [0.29, 0.717) is 22.9 Å². The maximum Gasteiger partial charge on any atom is 0.257 e. The van der Waals surface area contributed by atoms with Crippen LogP contribution in [0.1, 0.15) is 32.7 Å². The van der Waals surface area contributed by atoms with E-state index in [9.17, 15) is 9.00 Å². The number of para-hydroxylation sites is 1. The van der Waals surface area contributed by atoms with Crippen molar-refractivity contribution in [1.82, 2.24) is 9.78 Å². The predicted octanol–water partition coefficient (Wildman–Crippen LogP) is 3.50. The molecule has 0 saturated carbocycles. The molecule has 1 aliphatic heterocycles. The number of benzene rings is 2. The van der Waals surface area contributed by atoms with E-state index in [4.69, 9.17) is 0 Å². The van der Waals surface area contributed by atoms with Crippen LogP contribution in [0.25, 0.3) is 5.69 Å². The minimum Gasteiger partial charge on any atom is -0.306 e. The van der Waals surface area contributed by atoms with E-state index < -0.39 is 10.8 Å². The second-order valence-corrected chi connectivity index (χ2v) is 7.93. The Morgan fingerprint density at radius 3 is 2.46 bits per heavy atom. The summed E-state index contributed by atoms with van der Waals surface area (Å²) >= 11 is 0. The zero-order valence-electron chi connectivity index (χ0n) is 14.7. The highest BCUT2D eigenvalue weighted by molar-refractivity contribution is 7.83. The third kappa shape index (κ3) is 2.86. The SMILES string of the molecule is Cc1ccccc1C(=O)Nc1c2c(nn1-c1ccccc1C)CS(=O)C2. The Hall–Kier alpha value is -2.73. The van der Waals surface area contributed by atoms with Crippen molar-refractivity contribution in [2.24, 2.45) is 0 Å². The van der Waals surface area contributed by atoms with Gasteiger partial charge in [0, 0.05) is 21.9 Å². The number of anilines is 1. The maximum atomic E-state index is 12.9. The van der Waals surface area contributed by atoms with E-state index in [1.54, 1.807) is 10.7 Å². The summed E-state index contributed by atoms with van der Waals surface area (Å²) < 4.78 is 13.8. The Balaban J connectivity index is 1.80. The smallest absolute Gasteiger partial charge is 0.257 e. The molecule has 1 aromatic heterocycles. The van der Waals surface area contributed by atoms with Crippen LogP contribution in [0.2, 0.25) is 0 Å². The summed E-state index contributed by atoms with van der Waals surface area (Å²) in [4.78, 5) is 12.9. The molecule has 26 heavy (non-hydrogen) atoms. The lowest BCUT2D eigenvalue weighted by atomic mass is 10.1. The number of hydrogen-bond acceptors (Lipinski definition) is 3. The number of fused-ring (bicyclic) bond motifs is 1. The highest BCUT2D eigenvalue weighted by Crippen LogP contribution is 2.32. The van der Waals surface area contributed by atoms with Gasteiger partial charge in [-0.25, -0.2) is 4.68 Å². The van der Waals surface area contributed by atoms with Gasteiger partial charge in [0.1, 0.15) is 5.82 Å². The summed E-state index contributed by atoms with van der Waals surface area (Å²) in [7, 11) is -0.959. The number of amides is 1. The van der Waals surface area contributed by atoms with Crippen LogP contribution in [-0.4, -0.2) is 19.9 Å². The first-order valence-corrected chi connectivity index (χ1v) is 9.92. The fraction of sp³-hybridized carbons (Fsp3) is 0.200. The van der Waals surface area contributed by atoms with Crippen LogP contribution < -0.4 is 5.32 Å². The lowest BCUT2D eigenvalue weighted by molar-refractivity contribution is 0.102. The molecule has 0 saturated heterocycles. The van der Waals surface area contributed by atoms with Gasteiger partial charge >= 0.3 is 0 Å². The highest BCUT2D eigenvalue weighted by Gasteiger charge is 2.29. The number of rotatable bonds is 3. The van der Waals surface area contributed by atoms with Gasteiger partial charge < -0.3 is 5.32 Å². The van der Waals surface area contributed by atoms with Gasteiger partial charge in [0.05, 0.1) is 22.9 Å². The normalized spacial score (nSPS) is 15.7. The first kappa shape index (κ1) is 16.7. The molecule has 1 N–H and O–H groups in total. The molecule has 0 fully saturated rings. The predicted molar refractivity (Wildman–Crippen MR) is 103 cm³/mol. The second kappa shape index (κ2) is 6.53. The Labute approximate surface area is 154 Å². The number of carbonyl (C=O) groups excluding carboxylic acids is 1. The molecule has 1 amide bonds. The van der Waals surface area contributed by atoms with Crippen LogP contribution in [-0.2, 0) is 22.3 Å². The van der Waals surface area contributed by atoms with Crippen LogP contribution in [0.4, 0.5) is 5.82 Å². The molecule has 0 spiro atoms. The largest absolute Gasteiger partial charge is 0.306 e. The molecule has 0 bridgehead atoms. The zero-order chi connectivity index (χ0) is 18.3.